The van der Waals surface area contributed by atoms with Crippen LogP contribution in [0.3, 0.4) is 0 Å². The summed E-state index contributed by atoms with van der Waals surface area (Å²) in [7, 11) is -4.89. The molecule has 2 N–H and O–H groups in total. The summed E-state index contributed by atoms with van der Waals surface area (Å²) >= 11 is 0.0556. The van der Waals surface area contributed by atoms with Crippen molar-refractivity contribution in [2.75, 3.05) is 0 Å². The summed E-state index contributed by atoms with van der Waals surface area (Å²) in [6, 6.07) is 0. The van der Waals surface area contributed by atoms with Crippen molar-refractivity contribution in [2.24, 2.45) is 0 Å². The van der Waals surface area contributed by atoms with E-state index in [0.29, 0.717) is 0 Å². The van der Waals surface area contributed by atoms with Gasteiger partial charge in [0.05, 0.1) is 0 Å². The Bertz CT molecular complexity index is 73.6. The van der Waals surface area contributed by atoms with Gasteiger partial charge in [-0.05, 0) is 0 Å². The smallest absolute Gasteiger partial charge is 2.00 e. The van der Waals surface area contributed by atoms with E-state index in [1.165, 1.54) is 0 Å². The van der Waals surface area contributed by atoms with Gasteiger partial charge in [0.15, 0.2) is 0 Å². The van der Waals surface area contributed by atoms with E-state index in [0.717, 1.165) is 0 Å². The molecule has 0 bridgehead atoms. The summed E-state index contributed by atoms with van der Waals surface area (Å²) in [4.78, 5) is 22.9. The van der Waals surface area contributed by atoms with Crippen molar-refractivity contribution in [3.05, 3.63) is 0 Å². The Morgan fingerprint density at radius 3 is 1.30 bits per heavy atom. The molecule has 0 atom stereocenters. The number of hydrogen-bond donors (Lipinski definition) is 2. The first kappa shape index (κ1) is 29.4. The fraction of sp³-hybridized carbons (Fsp3) is 0. The Morgan fingerprint density at radius 2 is 1.30 bits per heavy atom. The molecule has 0 heterocycles. The van der Waals surface area contributed by atoms with Crippen molar-refractivity contribution in [1.82, 2.24) is 0 Å². The van der Waals surface area contributed by atoms with Gasteiger partial charge >= 0.3 is 77.5 Å². The van der Waals surface area contributed by atoms with E-state index in [4.69, 9.17) is 21.9 Å². The van der Waals surface area contributed by atoms with Crippen LogP contribution in [-0.2, 0) is 32.2 Å². The second-order valence-electron chi connectivity index (χ2n) is 0.491. The average Bonchev–Trinajstić information content (AvgIpc) is 1.36. The van der Waals surface area contributed by atoms with E-state index in [-0.39, 0.29) is 80.3 Å². The number of hydrogen-bond acceptors (Lipinski definition) is 3. The minimum atomic E-state index is -4.89. The Kier molecular flexibility index (Phi) is 51.4. The van der Waals surface area contributed by atoms with Gasteiger partial charge in [-0.2, -0.15) is 0 Å². The zero-order valence-electron chi connectivity index (χ0n) is 5.18. The van der Waals surface area contributed by atoms with E-state index in [1.807, 2.05) is 0 Å². The molecule has 0 aromatic carbocycles. The van der Waals surface area contributed by atoms with Crippen LogP contribution in [0.2, 0.25) is 0 Å². The van der Waals surface area contributed by atoms with Crippen LogP contribution in [0.4, 0.5) is 0 Å². The van der Waals surface area contributed by atoms with Crippen LogP contribution >= 0.6 is 7.82 Å². The normalized spacial score (nSPS) is 6.30. The zero-order valence-corrected chi connectivity index (χ0v) is 14.9. The van der Waals surface area contributed by atoms with Gasteiger partial charge in [-0.3, -0.25) is 4.57 Å². The van der Waals surface area contributed by atoms with Crippen LogP contribution < -0.4 is 34.5 Å². The first-order chi connectivity index (χ1) is 3.00. The second kappa shape index (κ2) is 17.5. The van der Waals surface area contributed by atoms with E-state index < -0.39 is 7.82 Å². The summed E-state index contributed by atoms with van der Waals surface area (Å²) in [5.74, 6) is 0. The SMILES string of the molecule is O=P([O-])(O)O.[Na+].[O-2].[O]=[Pb].[Zn+2]. The largest absolute Gasteiger partial charge is 2.00 e. The van der Waals surface area contributed by atoms with Crippen LogP contribution in [0.15, 0.2) is 0 Å². The van der Waals surface area contributed by atoms with Crippen molar-refractivity contribution in [2.45, 2.75) is 0 Å². The Morgan fingerprint density at radius 1 is 1.30 bits per heavy atom. The molecular weight excluding hydrogens is 423 g/mol. The molecule has 0 amide bonds. The summed E-state index contributed by atoms with van der Waals surface area (Å²) in [5, 5.41) is 0. The minimum Gasteiger partial charge on any atom is 2.00 e. The first-order valence-electron chi connectivity index (χ1n) is 0.969. The summed E-state index contributed by atoms with van der Waals surface area (Å²) < 4.78 is 17.2. The van der Waals surface area contributed by atoms with Gasteiger partial charge in [0.1, 0.15) is 0 Å². The fourth-order valence-corrected chi connectivity index (χ4v) is 0. The summed E-state index contributed by atoms with van der Waals surface area (Å²) in [5.41, 5.74) is 0. The van der Waals surface area contributed by atoms with E-state index >= 15 is 0 Å². The minimum absolute atomic E-state index is 0. The van der Waals surface area contributed by atoms with Gasteiger partial charge in [0.25, 0.3) is 7.82 Å². The van der Waals surface area contributed by atoms with Gasteiger partial charge < -0.3 is 20.2 Å². The van der Waals surface area contributed by atoms with Gasteiger partial charge in [-0.1, -0.05) is 0 Å². The molecule has 0 rings (SSSR count). The molecule has 0 saturated carbocycles. The van der Waals surface area contributed by atoms with Gasteiger partial charge in [0.2, 0.25) is 0 Å². The summed E-state index contributed by atoms with van der Waals surface area (Å²) in [6.45, 7) is 0. The fourth-order valence-electron chi connectivity index (χ4n) is 0. The van der Waals surface area contributed by atoms with Crippen LogP contribution in [0.25, 0.3) is 0 Å². The molecule has 0 aliphatic heterocycles. The molecule has 10 heavy (non-hydrogen) atoms. The monoisotopic (exact) mass is 424 g/mol. The zero-order chi connectivity index (χ0) is 6.50. The topological polar surface area (TPSA) is 126 Å². The van der Waals surface area contributed by atoms with Crippen molar-refractivity contribution in [3.8, 4) is 0 Å². The summed E-state index contributed by atoms with van der Waals surface area (Å²) in [6.07, 6.45) is 0. The third-order valence-corrected chi connectivity index (χ3v) is 0. The predicted octanol–water partition coefficient (Wildman–Crippen LogP) is -5.18. The van der Waals surface area contributed by atoms with Gasteiger partial charge in [-0.15, -0.1) is 0 Å². The predicted molar refractivity (Wildman–Crippen MR) is 19.2 cm³/mol. The van der Waals surface area contributed by atoms with E-state index in [9.17, 15) is 0 Å². The molecular formula is H2NaO6PPbZn. The maximum atomic E-state index is 8.77. The van der Waals surface area contributed by atoms with Crippen molar-refractivity contribution in [3.63, 3.8) is 0 Å². The number of rotatable bonds is 0. The van der Waals surface area contributed by atoms with Crippen LogP contribution in [-0.4, -0.2) is 35.6 Å². The van der Waals surface area contributed by atoms with E-state index in [1.54, 1.807) is 0 Å². The molecule has 0 spiro atoms. The molecule has 6 nitrogen and oxygen atoms in total. The molecule has 0 aromatic heterocycles. The van der Waals surface area contributed by atoms with Crippen LogP contribution in [0.5, 0.6) is 0 Å². The average molecular weight is 425 g/mol. The molecule has 0 aromatic rings. The van der Waals surface area contributed by atoms with Crippen molar-refractivity contribution in [1.29, 1.82) is 0 Å². The molecule has 0 fully saturated rings. The van der Waals surface area contributed by atoms with Crippen molar-refractivity contribution < 1.29 is 76.4 Å². The molecule has 10 heteroatoms. The third-order valence-electron chi connectivity index (χ3n) is 0. The second-order valence-corrected chi connectivity index (χ2v) is 1.47. The first-order valence-corrected chi connectivity index (χ1v) is 4.09. The molecule has 0 unspecified atom stereocenters. The molecule has 0 aliphatic carbocycles. The molecule has 2 radical (unpaired) electrons. The molecule has 0 saturated heterocycles. The number of phosphoric acid groups is 1. The maximum absolute atomic E-state index is 8.77. The quantitative estimate of drug-likeness (QED) is 0.297. The van der Waals surface area contributed by atoms with Crippen molar-refractivity contribution >= 4 is 33.6 Å². The van der Waals surface area contributed by atoms with E-state index in [2.05, 4.69) is 0 Å². The third kappa shape index (κ3) is 158. The van der Waals surface area contributed by atoms with Gasteiger partial charge in [0, 0.05) is 0 Å². The van der Waals surface area contributed by atoms with Gasteiger partial charge in [-0.25, -0.2) is 0 Å². The van der Waals surface area contributed by atoms with Crippen LogP contribution in [0, 0.1) is 0 Å². The Hall–Kier alpha value is 2.42. The molecule has 50 valence electrons. The Balaban J connectivity index is -0.0000000154. The standard InChI is InChI=1S/Na.H3O4P.2O.Pb.Zn/c;1-5(2,3)4;;;;/h;(H3,1,2,3,4);;;;/q+1;;;-2;;+2/p-1. The Labute approximate surface area is 109 Å². The maximum Gasteiger partial charge on any atom is 2.00 e. The molecule has 0 aliphatic rings. The van der Waals surface area contributed by atoms with Crippen LogP contribution in [0.1, 0.15) is 0 Å².